The summed E-state index contributed by atoms with van der Waals surface area (Å²) >= 11 is 0. The van der Waals surface area contributed by atoms with E-state index in [-0.39, 0.29) is 6.04 Å². The Hall–Kier alpha value is -2.85. The molecule has 1 atom stereocenters. The molecular formula is C21H30N8O2. The lowest BCUT2D eigenvalue weighted by Gasteiger charge is -2.15. The molecule has 166 valence electrons. The number of ether oxygens (including phenoxy) is 1. The van der Waals surface area contributed by atoms with E-state index < -0.39 is 0 Å². The fourth-order valence-corrected chi connectivity index (χ4v) is 3.84. The summed E-state index contributed by atoms with van der Waals surface area (Å²) in [5.74, 6) is 3.82. The number of anilines is 3. The van der Waals surface area contributed by atoms with Crippen LogP contribution in [0.5, 0.6) is 5.88 Å². The summed E-state index contributed by atoms with van der Waals surface area (Å²) in [7, 11) is 0. The minimum atomic E-state index is 0.190. The van der Waals surface area contributed by atoms with Crippen molar-refractivity contribution in [1.82, 2.24) is 30.5 Å². The van der Waals surface area contributed by atoms with Crippen molar-refractivity contribution in [2.75, 3.05) is 43.4 Å². The van der Waals surface area contributed by atoms with Gasteiger partial charge in [0.05, 0.1) is 12.6 Å². The first-order valence-corrected chi connectivity index (χ1v) is 11.1. The molecule has 0 bridgehead atoms. The SMILES string of the molecule is CC1C=C(CNc2nc(Nc3cc(C4CC4)[nH]n3)cc(OCCN3CCCC3)n2)ON1. The quantitative estimate of drug-likeness (QED) is 0.455. The third-order valence-corrected chi connectivity index (χ3v) is 5.66. The Morgan fingerprint density at radius 1 is 1.19 bits per heavy atom. The average molecular weight is 427 g/mol. The van der Waals surface area contributed by atoms with Crippen LogP contribution in [0.2, 0.25) is 0 Å². The van der Waals surface area contributed by atoms with Gasteiger partial charge in [-0.25, -0.2) is 0 Å². The highest BCUT2D eigenvalue weighted by Gasteiger charge is 2.25. The van der Waals surface area contributed by atoms with Gasteiger partial charge in [-0.3, -0.25) is 10.00 Å². The van der Waals surface area contributed by atoms with E-state index in [2.05, 4.69) is 41.2 Å². The van der Waals surface area contributed by atoms with Crippen LogP contribution in [-0.2, 0) is 4.84 Å². The Morgan fingerprint density at radius 3 is 2.84 bits per heavy atom. The molecule has 0 spiro atoms. The topological polar surface area (TPSA) is 112 Å². The Kier molecular flexibility index (Phi) is 5.90. The van der Waals surface area contributed by atoms with E-state index >= 15 is 0 Å². The van der Waals surface area contributed by atoms with Gasteiger partial charge in [0.25, 0.3) is 0 Å². The predicted octanol–water partition coefficient (Wildman–Crippen LogP) is 2.51. The summed E-state index contributed by atoms with van der Waals surface area (Å²) in [6.07, 6.45) is 7.01. The van der Waals surface area contributed by atoms with E-state index in [0.717, 1.165) is 31.2 Å². The zero-order valence-electron chi connectivity index (χ0n) is 17.9. The molecule has 1 unspecified atom stereocenters. The molecule has 5 rings (SSSR count). The molecule has 0 radical (unpaired) electrons. The van der Waals surface area contributed by atoms with Crippen molar-refractivity contribution < 1.29 is 9.57 Å². The zero-order valence-corrected chi connectivity index (χ0v) is 17.9. The molecule has 1 saturated heterocycles. The van der Waals surface area contributed by atoms with Crippen molar-refractivity contribution in [1.29, 1.82) is 0 Å². The van der Waals surface area contributed by atoms with Crippen LogP contribution in [0.3, 0.4) is 0 Å². The normalized spacial score (nSPS) is 21.1. The van der Waals surface area contributed by atoms with Crippen LogP contribution in [0.25, 0.3) is 0 Å². The van der Waals surface area contributed by atoms with Crippen LogP contribution < -0.4 is 20.9 Å². The summed E-state index contributed by atoms with van der Waals surface area (Å²) in [6, 6.07) is 4.05. The molecule has 31 heavy (non-hydrogen) atoms. The maximum Gasteiger partial charge on any atom is 0.228 e. The van der Waals surface area contributed by atoms with Crippen molar-refractivity contribution in [3.8, 4) is 5.88 Å². The van der Waals surface area contributed by atoms with Gasteiger partial charge in [0.1, 0.15) is 18.2 Å². The molecule has 2 fully saturated rings. The van der Waals surface area contributed by atoms with Crippen LogP contribution in [0, 0.1) is 0 Å². The number of hydroxylamine groups is 1. The van der Waals surface area contributed by atoms with Crippen LogP contribution in [0.15, 0.2) is 24.0 Å². The van der Waals surface area contributed by atoms with Crippen molar-refractivity contribution >= 4 is 17.6 Å². The van der Waals surface area contributed by atoms with Crippen LogP contribution in [0.4, 0.5) is 17.6 Å². The Morgan fingerprint density at radius 2 is 2.06 bits per heavy atom. The molecule has 2 aromatic heterocycles. The number of hydrogen-bond donors (Lipinski definition) is 4. The van der Waals surface area contributed by atoms with E-state index in [1.165, 1.54) is 31.4 Å². The van der Waals surface area contributed by atoms with E-state index in [4.69, 9.17) is 9.57 Å². The second-order valence-electron chi connectivity index (χ2n) is 8.42. The molecule has 3 aliphatic rings. The molecule has 0 aromatic carbocycles. The summed E-state index contributed by atoms with van der Waals surface area (Å²) in [6.45, 7) is 6.32. The van der Waals surface area contributed by atoms with Crippen molar-refractivity contribution in [2.45, 2.75) is 44.6 Å². The van der Waals surface area contributed by atoms with Gasteiger partial charge in [0, 0.05) is 30.3 Å². The Balaban J connectivity index is 1.26. The van der Waals surface area contributed by atoms with Gasteiger partial charge in [-0.15, -0.1) is 0 Å². The molecule has 0 amide bonds. The predicted molar refractivity (Wildman–Crippen MR) is 117 cm³/mol. The lowest BCUT2D eigenvalue weighted by atomic mass is 10.3. The Bertz CT molecular complexity index is 920. The van der Waals surface area contributed by atoms with Crippen molar-refractivity contribution in [2.24, 2.45) is 0 Å². The van der Waals surface area contributed by atoms with Gasteiger partial charge in [-0.2, -0.15) is 20.5 Å². The maximum absolute atomic E-state index is 5.97. The average Bonchev–Trinajstić information content (AvgIpc) is 3.13. The first-order valence-electron chi connectivity index (χ1n) is 11.1. The van der Waals surface area contributed by atoms with Gasteiger partial charge < -0.3 is 20.2 Å². The second-order valence-corrected chi connectivity index (χ2v) is 8.42. The third kappa shape index (κ3) is 5.45. The number of aromatic amines is 1. The number of H-pyrrole nitrogens is 1. The van der Waals surface area contributed by atoms with Gasteiger partial charge in [0.2, 0.25) is 11.8 Å². The maximum atomic E-state index is 5.97. The lowest BCUT2D eigenvalue weighted by Crippen LogP contribution is -2.25. The minimum Gasteiger partial charge on any atom is -0.476 e. The van der Waals surface area contributed by atoms with Crippen molar-refractivity contribution in [3.05, 3.63) is 29.7 Å². The largest absolute Gasteiger partial charge is 0.476 e. The number of hydrogen-bond acceptors (Lipinski definition) is 9. The van der Waals surface area contributed by atoms with Gasteiger partial charge in [0.15, 0.2) is 5.82 Å². The molecular weight excluding hydrogens is 396 g/mol. The van der Waals surface area contributed by atoms with E-state index in [1.807, 2.05) is 25.1 Å². The molecule has 2 aliphatic heterocycles. The zero-order chi connectivity index (χ0) is 21.0. The van der Waals surface area contributed by atoms with Crippen molar-refractivity contribution in [3.63, 3.8) is 0 Å². The Labute approximate surface area is 181 Å². The summed E-state index contributed by atoms with van der Waals surface area (Å²) in [5, 5.41) is 14.0. The van der Waals surface area contributed by atoms with E-state index in [9.17, 15) is 0 Å². The highest BCUT2D eigenvalue weighted by Crippen LogP contribution is 2.39. The molecule has 1 aliphatic carbocycles. The van der Waals surface area contributed by atoms with Crippen LogP contribution in [0.1, 0.15) is 44.2 Å². The number of rotatable bonds is 10. The standard InChI is InChI=1S/C21H30N8O2/c1-14-10-16(31-28-14)13-22-21-24-18(23-19-11-17(26-27-19)15-4-5-15)12-20(25-21)30-9-8-29-6-2-3-7-29/h10-12,14-15,28H,2-9,13H2,1H3,(H3,22,23,24,25,26,27). The fourth-order valence-electron chi connectivity index (χ4n) is 3.84. The molecule has 4 N–H and O–H groups in total. The highest BCUT2D eigenvalue weighted by atomic mass is 16.7. The number of likely N-dealkylation sites (tertiary alicyclic amines) is 1. The van der Waals surface area contributed by atoms with Gasteiger partial charge in [-0.05, 0) is 51.8 Å². The number of nitrogens with zero attached hydrogens (tertiary/aromatic N) is 4. The highest BCUT2D eigenvalue weighted by molar-refractivity contribution is 5.55. The monoisotopic (exact) mass is 426 g/mol. The lowest BCUT2D eigenvalue weighted by molar-refractivity contribution is 0.120. The molecule has 10 nitrogen and oxygen atoms in total. The summed E-state index contributed by atoms with van der Waals surface area (Å²) in [4.78, 5) is 17.0. The summed E-state index contributed by atoms with van der Waals surface area (Å²) < 4.78 is 5.97. The molecule has 1 saturated carbocycles. The summed E-state index contributed by atoms with van der Waals surface area (Å²) in [5.41, 5.74) is 4.08. The van der Waals surface area contributed by atoms with E-state index in [0.29, 0.717) is 36.7 Å². The number of aromatic nitrogens is 4. The number of nitrogens with one attached hydrogen (secondary N) is 4. The first kappa shape index (κ1) is 20.1. The molecule has 2 aromatic rings. The second kappa shape index (κ2) is 9.11. The molecule has 4 heterocycles. The third-order valence-electron chi connectivity index (χ3n) is 5.66. The van der Waals surface area contributed by atoms with Gasteiger partial charge >= 0.3 is 0 Å². The smallest absolute Gasteiger partial charge is 0.228 e. The first-order chi connectivity index (χ1) is 15.2. The molecule has 10 heteroatoms. The van der Waals surface area contributed by atoms with Crippen LogP contribution >= 0.6 is 0 Å². The minimum absolute atomic E-state index is 0.190. The fraction of sp³-hybridized carbons (Fsp3) is 0.571. The van der Waals surface area contributed by atoms with Gasteiger partial charge in [-0.1, -0.05) is 0 Å². The van der Waals surface area contributed by atoms with E-state index in [1.54, 1.807) is 0 Å². The van der Waals surface area contributed by atoms with Crippen LogP contribution in [-0.4, -0.2) is 63.9 Å².